The standard InChI is InChI=1S/C19H11Cl2F4N3O2/c1-28-16(19(23,24)25)8-15(29)17(27-28)10-6-14(12(21)7-13(10)22)26-18(30)9-4-2-3-5-11(9)20/h2-8H,1H3,(H,26,30). The lowest BCUT2D eigenvalue weighted by Gasteiger charge is -2.14. The molecule has 0 bridgehead atoms. The molecule has 3 rings (SSSR count). The summed E-state index contributed by atoms with van der Waals surface area (Å²) in [5.74, 6) is -1.66. The summed E-state index contributed by atoms with van der Waals surface area (Å²) < 4.78 is 53.7. The minimum absolute atomic E-state index is 0.0817. The van der Waals surface area contributed by atoms with Crippen LogP contribution in [0.1, 0.15) is 16.1 Å². The van der Waals surface area contributed by atoms with Gasteiger partial charge in [0.25, 0.3) is 5.91 Å². The predicted octanol–water partition coefficient (Wildman–Crippen LogP) is 5.16. The SMILES string of the molecule is Cn1nc(-c2cc(NC(=O)c3ccccc3Cl)c(Cl)cc2F)c(=O)cc1C(F)(F)F. The second-order valence-electron chi connectivity index (χ2n) is 6.11. The van der Waals surface area contributed by atoms with Gasteiger partial charge in [-0.05, 0) is 24.3 Å². The van der Waals surface area contributed by atoms with Crippen molar-refractivity contribution < 1.29 is 22.4 Å². The first-order chi connectivity index (χ1) is 14.0. The Balaban J connectivity index is 2.06. The van der Waals surface area contributed by atoms with E-state index in [0.29, 0.717) is 10.7 Å². The molecule has 0 spiro atoms. The van der Waals surface area contributed by atoms with Gasteiger partial charge in [-0.3, -0.25) is 14.3 Å². The monoisotopic (exact) mass is 459 g/mol. The number of carbonyl (C=O) groups is 1. The van der Waals surface area contributed by atoms with Gasteiger partial charge in [-0.25, -0.2) is 4.39 Å². The third-order valence-electron chi connectivity index (χ3n) is 4.07. The molecule has 1 N–H and O–H groups in total. The van der Waals surface area contributed by atoms with Gasteiger partial charge in [-0.15, -0.1) is 0 Å². The number of alkyl halides is 3. The lowest BCUT2D eigenvalue weighted by Crippen LogP contribution is -2.23. The minimum Gasteiger partial charge on any atom is -0.321 e. The largest absolute Gasteiger partial charge is 0.433 e. The van der Waals surface area contributed by atoms with Gasteiger partial charge in [0.05, 0.1) is 21.3 Å². The van der Waals surface area contributed by atoms with Gasteiger partial charge in [0.1, 0.15) is 17.2 Å². The molecule has 0 aliphatic heterocycles. The van der Waals surface area contributed by atoms with Crippen molar-refractivity contribution in [2.24, 2.45) is 7.05 Å². The molecule has 5 nitrogen and oxygen atoms in total. The van der Waals surface area contributed by atoms with Crippen LogP contribution in [0.15, 0.2) is 47.3 Å². The number of anilines is 1. The number of nitrogens with zero attached hydrogens (tertiary/aromatic N) is 2. The van der Waals surface area contributed by atoms with Gasteiger partial charge >= 0.3 is 6.18 Å². The van der Waals surface area contributed by atoms with E-state index in [9.17, 15) is 27.2 Å². The minimum atomic E-state index is -4.81. The van der Waals surface area contributed by atoms with Crippen molar-refractivity contribution in [3.05, 3.63) is 79.8 Å². The molecule has 0 fully saturated rings. The van der Waals surface area contributed by atoms with Crippen LogP contribution in [0.2, 0.25) is 10.0 Å². The van der Waals surface area contributed by atoms with E-state index in [2.05, 4.69) is 10.4 Å². The molecular formula is C19H11Cl2F4N3O2. The first-order valence-corrected chi connectivity index (χ1v) is 8.95. The van der Waals surface area contributed by atoms with Crippen molar-refractivity contribution in [1.82, 2.24) is 9.78 Å². The Morgan fingerprint density at radius 3 is 2.40 bits per heavy atom. The highest BCUT2D eigenvalue weighted by atomic mass is 35.5. The fraction of sp³-hybridized carbons (Fsp3) is 0.105. The molecular weight excluding hydrogens is 449 g/mol. The number of aromatic nitrogens is 2. The summed E-state index contributed by atoms with van der Waals surface area (Å²) in [7, 11) is 0.972. The number of rotatable bonds is 3. The van der Waals surface area contributed by atoms with E-state index in [0.717, 1.165) is 19.2 Å². The Hall–Kier alpha value is -2.91. The Labute approximate surface area is 176 Å². The summed E-state index contributed by atoms with van der Waals surface area (Å²) in [6, 6.07) is 8.29. The molecule has 1 aromatic heterocycles. The summed E-state index contributed by atoms with van der Waals surface area (Å²) in [6.45, 7) is 0. The van der Waals surface area contributed by atoms with E-state index in [1.165, 1.54) is 12.1 Å². The summed E-state index contributed by atoms with van der Waals surface area (Å²) in [5.41, 5.74) is -3.41. The molecule has 30 heavy (non-hydrogen) atoms. The molecule has 1 amide bonds. The smallest absolute Gasteiger partial charge is 0.321 e. The highest BCUT2D eigenvalue weighted by Crippen LogP contribution is 2.32. The molecule has 2 aromatic carbocycles. The van der Waals surface area contributed by atoms with Gasteiger partial charge in [-0.1, -0.05) is 35.3 Å². The van der Waals surface area contributed by atoms with Gasteiger partial charge in [0.2, 0.25) is 5.43 Å². The number of benzene rings is 2. The van der Waals surface area contributed by atoms with Gasteiger partial charge in [-0.2, -0.15) is 18.3 Å². The second-order valence-corrected chi connectivity index (χ2v) is 6.92. The maximum Gasteiger partial charge on any atom is 0.433 e. The molecule has 0 aliphatic rings. The Bertz CT molecular complexity index is 1210. The molecule has 0 atom stereocenters. The lowest BCUT2D eigenvalue weighted by molar-refractivity contribution is -0.144. The van der Waals surface area contributed by atoms with Crippen molar-refractivity contribution in [3.8, 4) is 11.3 Å². The molecule has 3 aromatic rings. The fourth-order valence-corrected chi connectivity index (χ4v) is 3.07. The highest BCUT2D eigenvalue weighted by molar-refractivity contribution is 6.36. The van der Waals surface area contributed by atoms with E-state index in [1.54, 1.807) is 12.1 Å². The summed E-state index contributed by atoms with van der Waals surface area (Å²) >= 11 is 11.9. The van der Waals surface area contributed by atoms with Crippen LogP contribution in [0.4, 0.5) is 23.2 Å². The molecule has 0 radical (unpaired) electrons. The molecule has 156 valence electrons. The topological polar surface area (TPSA) is 64.0 Å². The van der Waals surface area contributed by atoms with Crippen LogP contribution in [0.25, 0.3) is 11.3 Å². The zero-order chi connectivity index (χ0) is 22.2. The number of amides is 1. The zero-order valence-corrected chi connectivity index (χ0v) is 16.5. The molecule has 0 aliphatic carbocycles. The van der Waals surface area contributed by atoms with Crippen LogP contribution < -0.4 is 10.7 Å². The lowest BCUT2D eigenvalue weighted by atomic mass is 10.1. The highest BCUT2D eigenvalue weighted by Gasteiger charge is 2.34. The number of hydrogen-bond donors (Lipinski definition) is 1. The zero-order valence-electron chi connectivity index (χ0n) is 15.0. The molecule has 11 heteroatoms. The van der Waals surface area contributed by atoms with Crippen molar-refractivity contribution in [3.63, 3.8) is 0 Å². The van der Waals surface area contributed by atoms with Crippen molar-refractivity contribution in [1.29, 1.82) is 0 Å². The average molecular weight is 460 g/mol. The fourth-order valence-electron chi connectivity index (χ4n) is 2.65. The molecule has 0 unspecified atom stereocenters. The number of hydrogen-bond acceptors (Lipinski definition) is 3. The quantitative estimate of drug-likeness (QED) is 0.549. The van der Waals surface area contributed by atoms with Gasteiger partial charge < -0.3 is 5.32 Å². The number of nitrogens with one attached hydrogen (secondary N) is 1. The van der Waals surface area contributed by atoms with Crippen LogP contribution in [0.5, 0.6) is 0 Å². The van der Waals surface area contributed by atoms with E-state index in [-0.39, 0.29) is 21.3 Å². The number of carbonyl (C=O) groups excluding carboxylic acids is 1. The van der Waals surface area contributed by atoms with Crippen molar-refractivity contribution >= 4 is 34.8 Å². The van der Waals surface area contributed by atoms with Crippen LogP contribution >= 0.6 is 23.2 Å². The molecule has 1 heterocycles. The first-order valence-electron chi connectivity index (χ1n) is 8.20. The Morgan fingerprint density at radius 2 is 1.77 bits per heavy atom. The van der Waals surface area contributed by atoms with Crippen LogP contribution in [-0.4, -0.2) is 15.7 Å². The summed E-state index contributed by atoms with van der Waals surface area (Å²) in [6.07, 6.45) is -4.81. The van der Waals surface area contributed by atoms with E-state index in [4.69, 9.17) is 23.2 Å². The van der Waals surface area contributed by atoms with Gasteiger partial charge in [0.15, 0.2) is 0 Å². The van der Waals surface area contributed by atoms with E-state index < -0.39 is 40.3 Å². The third-order valence-corrected chi connectivity index (χ3v) is 4.71. The van der Waals surface area contributed by atoms with E-state index >= 15 is 0 Å². The molecule has 0 saturated carbocycles. The van der Waals surface area contributed by atoms with Gasteiger partial charge in [0, 0.05) is 18.7 Å². The Morgan fingerprint density at radius 1 is 1.10 bits per heavy atom. The van der Waals surface area contributed by atoms with E-state index in [1.807, 2.05) is 0 Å². The van der Waals surface area contributed by atoms with Crippen molar-refractivity contribution in [2.75, 3.05) is 5.32 Å². The second kappa shape index (κ2) is 8.08. The number of aryl methyl sites for hydroxylation is 1. The third kappa shape index (κ3) is 4.31. The Kier molecular flexibility index (Phi) is 5.87. The maximum atomic E-state index is 14.5. The van der Waals surface area contributed by atoms with Crippen LogP contribution in [0.3, 0.4) is 0 Å². The first kappa shape index (κ1) is 21.8. The van der Waals surface area contributed by atoms with Crippen LogP contribution in [0, 0.1) is 5.82 Å². The summed E-state index contributed by atoms with van der Waals surface area (Å²) in [5, 5.41) is 5.96. The van der Waals surface area contributed by atoms with Crippen molar-refractivity contribution in [2.45, 2.75) is 6.18 Å². The number of halogens is 6. The normalized spacial score (nSPS) is 11.4. The molecule has 0 saturated heterocycles. The van der Waals surface area contributed by atoms with Crippen LogP contribution in [-0.2, 0) is 13.2 Å². The average Bonchev–Trinajstić information content (AvgIpc) is 2.65. The summed E-state index contributed by atoms with van der Waals surface area (Å²) in [4.78, 5) is 24.6. The maximum absolute atomic E-state index is 14.5. The predicted molar refractivity (Wildman–Crippen MR) is 104 cm³/mol.